The Balaban J connectivity index is 2.51. The van der Waals surface area contributed by atoms with Crippen molar-refractivity contribution in [2.24, 2.45) is 11.8 Å². The van der Waals surface area contributed by atoms with Gasteiger partial charge in [0, 0.05) is 33.4 Å². The van der Waals surface area contributed by atoms with Crippen LogP contribution in [0.2, 0.25) is 0 Å². The van der Waals surface area contributed by atoms with Crippen LogP contribution >= 0.6 is 0 Å². The average molecular weight is 655 g/mol. The number of amides is 4. The maximum Gasteiger partial charge on any atom is 0.328 e. The van der Waals surface area contributed by atoms with E-state index in [0.29, 0.717) is 32.8 Å². The fourth-order valence-electron chi connectivity index (χ4n) is 4.03. The fourth-order valence-corrected chi connectivity index (χ4v) is 4.03. The van der Waals surface area contributed by atoms with Gasteiger partial charge in [-0.3, -0.25) is 4.79 Å². The molecule has 1 aromatic carbocycles. The first-order chi connectivity index (χ1) is 22.0. The number of methoxy groups -OCH3 is 2. The van der Waals surface area contributed by atoms with Gasteiger partial charge in [0.25, 0.3) is 0 Å². The van der Waals surface area contributed by atoms with Crippen molar-refractivity contribution < 1.29 is 47.6 Å². The highest BCUT2D eigenvalue weighted by atomic mass is 16.6. The van der Waals surface area contributed by atoms with Crippen molar-refractivity contribution in [3.63, 3.8) is 0 Å². The Kier molecular flexibility index (Phi) is 21.8. The summed E-state index contributed by atoms with van der Waals surface area (Å²) in [6.45, 7) is 10.6. The van der Waals surface area contributed by atoms with E-state index in [4.69, 9.17) is 28.4 Å². The Morgan fingerprint density at radius 3 is 1.74 bits per heavy atom. The molecule has 262 valence electrons. The molecule has 4 N–H and O–H groups in total. The van der Waals surface area contributed by atoms with Gasteiger partial charge in [0.05, 0.1) is 46.1 Å². The largest absolute Gasteiger partial charge is 0.463 e. The zero-order chi connectivity index (χ0) is 34.2. The van der Waals surface area contributed by atoms with Gasteiger partial charge in [0.1, 0.15) is 19.3 Å². The second kappa shape index (κ2) is 24.7. The first-order valence-corrected chi connectivity index (χ1v) is 15.7. The minimum Gasteiger partial charge on any atom is -0.463 e. The van der Waals surface area contributed by atoms with Crippen LogP contribution in [0.25, 0.3) is 0 Å². The molecule has 4 amide bonds. The molecular weight excluding hydrogens is 600 g/mol. The second-order valence-electron chi connectivity index (χ2n) is 11.3. The molecule has 0 heterocycles. The molecule has 0 saturated heterocycles. The molecule has 0 spiro atoms. The van der Waals surface area contributed by atoms with Crippen LogP contribution < -0.4 is 21.3 Å². The molecule has 1 aromatic rings. The van der Waals surface area contributed by atoms with Gasteiger partial charge in [-0.1, -0.05) is 52.0 Å². The predicted molar refractivity (Wildman–Crippen MR) is 171 cm³/mol. The van der Waals surface area contributed by atoms with Crippen molar-refractivity contribution in [1.29, 1.82) is 0 Å². The van der Waals surface area contributed by atoms with Gasteiger partial charge in [0.15, 0.2) is 0 Å². The number of rotatable bonds is 24. The highest BCUT2D eigenvalue weighted by Crippen LogP contribution is 2.09. The Morgan fingerprint density at radius 1 is 0.696 bits per heavy atom. The normalized spacial score (nSPS) is 12.3. The van der Waals surface area contributed by atoms with Crippen LogP contribution in [0.1, 0.15) is 51.7 Å². The lowest BCUT2D eigenvalue weighted by atomic mass is 10.0. The summed E-state index contributed by atoms with van der Waals surface area (Å²) in [5, 5.41) is 11.1. The summed E-state index contributed by atoms with van der Waals surface area (Å²) in [7, 11) is 3.15. The topological polar surface area (TPSA) is 172 Å². The van der Waals surface area contributed by atoms with E-state index in [1.807, 2.05) is 52.0 Å². The molecule has 2 atom stereocenters. The minimum absolute atomic E-state index is 0.00102. The monoisotopic (exact) mass is 654 g/mol. The van der Waals surface area contributed by atoms with E-state index < -0.39 is 36.1 Å². The molecule has 0 radical (unpaired) electrons. The number of benzene rings is 1. The second-order valence-corrected chi connectivity index (χ2v) is 11.3. The number of carbonyl (C=O) groups excluding carboxylic acids is 4. The molecule has 0 fully saturated rings. The van der Waals surface area contributed by atoms with Crippen LogP contribution in [-0.4, -0.2) is 103 Å². The summed E-state index contributed by atoms with van der Waals surface area (Å²) in [6, 6.07) is 5.24. The average Bonchev–Trinajstić information content (AvgIpc) is 3.01. The van der Waals surface area contributed by atoms with Crippen LogP contribution in [-0.2, 0) is 51.1 Å². The summed E-state index contributed by atoms with van der Waals surface area (Å²) < 4.78 is 30.9. The van der Waals surface area contributed by atoms with E-state index in [2.05, 4.69) is 21.3 Å². The van der Waals surface area contributed by atoms with Gasteiger partial charge in [-0.2, -0.15) is 0 Å². The number of hydrogen-bond acceptors (Lipinski definition) is 10. The predicted octanol–water partition coefficient (Wildman–Crippen LogP) is 2.53. The number of hydrogen-bond donors (Lipinski definition) is 4. The van der Waals surface area contributed by atoms with Gasteiger partial charge >= 0.3 is 24.0 Å². The zero-order valence-corrected chi connectivity index (χ0v) is 28.2. The van der Waals surface area contributed by atoms with E-state index >= 15 is 0 Å². The lowest BCUT2D eigenvalue weighted by Gasteiger charge is -2.22. The lowest BCUT2D eigenvalue weighted by molar-refractivity contribution is -0.148. The summed E-state index contributed by atoms with van der Waals surface area (Å²) in [4.78, 5) is 50.0. The standard InChI is InChI=1S/C32H54N4O10/c1-23(2)18-28(30(38)46-17-15-44-13-11-42-6)36-32(40)34-22-26-9-7-8-25(19-26)21-33-31(39)35-27(24(3)4)20-29(37)45-16-14-43-12-10-41-5/h7-9,19,23-24,27-28H,10-18,20-22H2,1-6H3,(H2,33,35,39)(H2,34,36,40). The highest BCUT2D eigenvalue weighted by Gasteiger charge is 2.24. The molecule has 14 nitrogen and oxygen atoms in total. The van der Waals surface area contributed by atoms with Crippen LogP contribution in [0.4, 0.5) is 9.59 Å². The SMILES string of the molecule is COCCOCCOC(=O)CC(NC(=O)NCc1cccc(CNC(=O)NC(CC(C)C)C(=O)OCCOCCOC)c1)C(C)C. The number of nitrogens with one attached hydrogen (secondary N) is 4. The minimum atomic E-state index is -0.801. The molecule has 0 aliphatic carbocycles. The molecule has 2 unspecified atom stereocenters. The van der Waals surface area contributed by atoms with Crippen molar-refractivity contribution in [2.75, 3.05) is 67.1 Å². The van der Waals surface area contributed by atoms with E-state index in [0.717, 1.165) is 11.1 Å². The summed E-state index contributed by atoms with van der Waals surface area (Å²) in [5.41, 5.74) is 1.62. The quantitative estimate of drug-likeness (QED) is 0.0959. The van der Waals surface area contributed by atoms with Crippen molar-refractivity contribution in [3.8, 4) is 0 Å². The Bertz CT molecular complexity index is 1020. The molecule has 0 bridgehead atoms. The fraction of sp³-hybridized carbons (Fsp3) is 0.688. The third-order valence-corrected chi connectivity index (χ3v) is 6.53. The molecule has 0 aliphatic heterocycles. The van der Waals surface area contributed by atoms with Crippen molar-refractivity contribution in [2.45, 2.75) is 65.7 Å². The van der Waals surface area contributed by atoms with Gasteiger partial charge in [0.2, 0.25) is 0 Å². The lowest BCUT2D eigenvalue weighted by Crippen LogP contribution is -2.47. The summed E-state index contributed by atoms with van der Waals surface area (Å²) in [6.07, 6.45) is 0.453. The number of esters is 2. The molecule has 0 aromatic heterocycles. The first-order valence-electron chi connectivity index (χ1n) is 15.7. The zero-order valence-electron chi connectivity index (χ0n) is 28.2. The smallest absolute Gasteiger partial charge is 0.328 e. The van der Waals surface area contributed by atoms with E-state index in [1.165, 1.54) is 0 Å². The van der Waals surface area contributed by atoms with E-state index in [1.54, 1.807) is 14.2 Å². The van der Waals surface area contributed by atoms with Crippen LogP contribution in [0.3, 0.4) is 0 Å². The van der Waals surface area contributed by atoms with Crippen LogP contribution in [0, 0.1) is 11.8 Å². The summed E-state index contributed by atoms with van der Waals surface area (Å²) >= 11 is 0. The number of urea groups is 2. The van der Waals surface area contributed by atoms with Gasteiger partial charge in [-0.25, -0.2) is 14.4 Å². The van der Waals surface area contributed by atoms with Gasteiger partial charge in [-0.15, -0.1) is 0 Å². The molecule has 0 aliphatic rings. The molecule has 46 heavy (non-hydrogen) atoms. The molecule has 14 heteroatoms. The molecular formula is C32H54N4O10. The number of ether oxygens (including phenoxy) is 6. The van der Waals surface area contributed by atoms with Crippen LogP contribution in [0.5, 0.6) is 0 Å². The Hall–Kier alpha value is -3.46. The van der Waals surface area contributed by atoms with Crippen molar-refractivity contribution >= 4 is 24.0 Å². The van der Waals surface area contributed by atoms with Gasteiger partial charge in [-0.05, 0) is 29.4 Å². The molecule has 0 saturated carbocycles. The van der Waals surface area contributed by atoms with Crippen molar-refractivity contribution in [1.82, 2.24) is 21.3 Å². The third kappa shape index (κ3) is 19.8. The van der Waals surface area contributed by atoms with Crippen molar-refractivity contribution in [3.05, 3.63) is 35.4 Å². The maximum absolute atomic E-state index is 12.6. The molecule has 1 rings (SSSR count). The van der Waals surface area contributed by atoms with E-state index in [9.17, 15) is 19.2 Å². The number of carbonyl (C=O) groups is 4. The highest BCUT2D eigenvalue weighted by molar-refractivity contribution is 5.83. The Morgan fingerprint density at radius 2 is 1.22 bits per heavy atom. The first kappa shape index (κ1) is 40.6. The third-order valence-electron chi connectivity index (χ3n) is 6.53. The Labute approximate surface area is 272 Å². The van der Waals surface area contributed by atoms with Gasteiger partial charge < -0.3 is 49.7 Å². The maximum atomic E-state index is 12.6. The summed E-state index contributed by atoms with van der Waals surface area (Å²) in [5.74, 6) is -0.794. The van der Waals surface area contributed by atoms with E-state index in [-0.39, 0.29) is 57.8 Å². The van der Waals surface area contributed by atoms with Crippen LogP contribution in [0.15, 0.2) is 24.3 Å².